The van der Waals surface area contributed by atoms with E-state index < -0.39 is 0 Å². The minimum atomic E-state index is -0.0492. The molecular weight excluding hydrogens is 430 g/mol. The highest BCUT2D eigenvalue weighted by Crippen LogP contribution is 2.47. The van der Waals surface area contributed by atoms with Crippen molar-refractivity contribution in [1.82, 2.24) is 9.78 Å². The van der Waals surface area contributed by atoms with Gasteiger partial charge in [0.05, 0.1) is 29.0 Å². The fourth-order valence-electron chi connectivity index (χ4n) is 4.00. The summed E-state index contributed by atoms with van der Waals surface area (Å²) >= 11 is 1.62. The molecule has 0 saturated heterocycles. The Morgan fingerprint density at radius 3 is 2.39 bits per heavy atom. The van der Waals surface area contributed by atoms with Gasteiger partial charge in [0.2, 0.25) is 5.91 Å². The average Bonchev–Trinajstić information content (AvgIpc) is 3.14. The number of benzene rings is 3. The van der Waals surface area contributed by atoms with E-state index in [-0.39, 0.29) is 11.2 Å². The van der Waals surface area contributed by atoms with Gasteiger partial charge in [0.25, 0.3) is 0 Å². The molecule has 0 spiro atoms. The quantitative estimate of drug-likeness (QED) is 0.381. The lowest BCUT2D eigenvalue weighted by Crippen LogP contribution is -2.15. The van der Waals surface area contributed by atoms with Crippen LogP contribution < -0.4 is 10.1 Å². The molecular formula is C27H25N3O2S. The Bertz CT molecular complexity index is 1240. The van der Waals surface area contributed by atoms with Crippen LogP contribution in [0.15, 0.2) is 84.9 Å². The van der Waals surface area contributed by atoms with Gasteiger partial charge in [-0.05, 0) is 36.2 Å². The zero-order chi connectivity index (χ0) is 22.6. The number of amides is 1. The van der Waals surface area contributed by atoms with E-state index in [0.29, 0.717) is 12.4 Å². The van der Waals surface area contributed by atoms with Gasteiger partial charge in [-0.15, -0.1) is 11.8 Å². The van der Waals surface area contributed by atoms with E-state index in [1.54, 1.807) is 11.8 Å². The number of nitrogens with zero attached hydrogens (tertiary/aromatic N) is 2. The van der Waals surface area contributed by atoms with Gasteiger partial charge < -0.3 is 10.1 Å². The maximum atomic E-state index is 12.7. The molecule has 0 saturated carbocycles. The monoisotopic (exact) mass is 455 g/mol. The van der Waals surface area contributed by atoms with Crippen LogP contribution in [-0.4, -0.2) is 28.0 Å². The summed E-state index contributed by atoms with van der Waals surface area (Å²) in [5.74, 6) is 1.93. The van der Waals surface area contributed by atoms with Gasteiger partial charge >= 0.3 is 0 Å². The Balaban J connectivity index is 1.68. The maximum Gasteiger partial charge on any atom is 0.235 e. The molecule has 1 amide bonds. The molecule has 0 radical (unpaired) electrons. The van der Waals surface area contributed by atoms with Crippen LogP contribution in [0, 0.1) is 0 Å². The molecule has 1 aliphatic rings. The Hall–Kier alpha value is -3.51. The van der Waals surface area contributed by atoms with Gasteiger partial charge in [-0.2, -0.15) is 5.10 Å². The number of carbonyl (C=O) groups excluding carboxylic acids is 1. The van der Waals surface area contributed by atoms with Crippen LogP contribution in [0.5, 0.6) is 5.75 Å². The van der Waals surface area contributed by atoms with Crippen LogP contribution in [-0.2, 0) is 4.79 Å². The topological polar surface area (TPSA) is 56.1 Å². The molecule has 4 aromatic rings. The summed E-state index contributed by atoms with van der Waals surface area (Å²) in [7, 11) is 0. The third kappa shape index (κ3) is 4.39. The van der Waals surface area contributed by atoms with Crippen molar-refractivity contribution in [2.75, 3.05) is 17.7 Å². The van der Waals surface area contributed by atoms with Gasteiger partial charge in [-0.3, -0.25) is 4.79 Å². The largest absolute Gasteiger partial charge is 0.494 e. The van der Waals surface area contributed by atoms with Crippen LogP contribution in [0.4, 0.5) is 5.82 Å². The lowest BCUT2D eigenvalue weighted by molar-refractivity contribution is -0.113. The van der Waals surface area contributed by atoms with Gasteiger partial charge in [-0.25, -0.2) is 4.68 Å². The summed E-state index contributed by atoms with van der Waals surface area (Å²) in [6.45, 7) is 2.79. The van der Waals surface area contributed by atoms with Crippen molar-refractivity contribution in [3.63, 3.8) is 0 Å². The van der Waals surface area contributed by atoms with E-state index in [9.17, 15) is 4.79 Å². The van der Waals surface area contributed by atoms with E-state index in [2.05, 4.69) is 36.5 Å². The number of hydrogen-bond donors (Lipinski definition) is 1. The molecule has 5 rings (SSSR count). The minimum absolute atomic E-state index is 0.0247. The molecule has 1 atom stereocenters. The highest BCUT2D eigenvalue weighted by atomic mass is 32.2. The number of thioether (sulfide) groups is 1. The van der Waals surface area contributed by atoms with Crippen LogP contribution >= 0.6 is 11.8 Å². The molecule has 166 valence electrons. The van der Waals surface area contributed by atoms with Crippen LogP contribution in [0.25, 0.3) is 16.9 Å². The van der Waals surface area contributed by atoms with E-state index in [0.717, 1.165) is 46.1 Å². The molecule has 0 aliphatic carbocycles. The van der Waals surface area contributed by atoms with E-state index >= 15 is 0 Å². The first-order valence-corrected chi connectivity index (χ1v) is 12.2. The first kappa shape index (κ1) is 21.3. The normalized spacial score (nSPS) is 15.4. The second-order valence-corrected chi connectivity index (χ2v) is 8.97. The van der Waals surface area contributed by atoms with Crippen molar-refractivity contribution < 1.29 is 9.53 Å². The summed E-state index contributed by atoms with van der Waals surface area (Å²) in [6, 6.07) is 28.3. The molecule has 3 aromatic carbocycles. The molecule has 0 unspecified atom stereocenters. The molecule has 1 aromatic heterocycles. The number of aromatic nitrogens is 2. The number of para-hydroxylation sites is 1. The third-order valence-electron chi connectivity index (χ3n) is 5.53. The van der Waals surface area contributed by atoms with Crippen LogP contribution in [0.3, 0.4) is 0 Å². The Morgan fingerprint density at radius 2 is 1.70 bits per heavy atom. The molecule has 0 fully saturated rings. The fraction of sp³-hybridized carbons (Fsp3) is 0.185. The third-order valence-corrected chi connectivity index (χ3v) is 6.80. The standard InChI is InChI=1S/C27H25N3O2S/c1-2-17-32-22-15-13-20(14-16-22)26-24-25(19-9-5-3-6-10-19)29-30(21-11-7-4-8-12-21)27(24)28-23(31)18-33-26/h3-16,26H,2,17-18H2,1H3,(H,28,31)/t26-/m0/s1. The van der Waals surface area contributed by atoms with Crippen molar-refractivity contribution in [1.29, 1.82) is 0 Å². The Labute approximate surface area is 197 Å². The zero-order valence-corrected chi connectivity index (χ0v) is 19.2. The van der Waals surface area contributed by atoms with Gasteiger partial charge in [-0.1, -0.05) is 67.6 Å². The van der Waals surface area contributed by atoms with Gasteiger partial charge in [0.15, 0.2) is 0 Å². The first-order valence-electron chi connectivity index (χ1n) is 11.1. The molecule has 0 bridgehead atoms. The van der Waals surface area contributed by atoms with Crippen LogP contribution in [0.2, 0.25) is 0 Å². The molecule has 5 nitrogen and oxygen atoms in total. The number of fused-ring (bicyclic) bond motifs is 1. The SMILES string of the molecule is CCCOc1ccc([C@@H]2SCC(=O)Nc3c2c(-c2ccccc2)nn3-c2ccccc2)cc1. The van der Waals surface area contributed by atoms with Gasteiger partial charge in [0, 0.05) is 11.1 Å². The van der Waals surface area contributed by atoms with Crippen molar-refractivity contribution in [2.24, 2.45) is 0 Å². The van der Waals surface area contributed by atoms with Crippen molar-refractivity contribution in [2.45, 2.75) is 18.6 Å². The number of ether oxygens (including phenoxy) is 1. The summed E-state index contributed by atoms with van der Waals surface area (Å²) in [5, 5.41) is 8.09. The Kier molecular flexibility index (Phi) is 6.17. The predicted octanol–water partition coefficient (Wildman–Crippen LogP) is 6.10. The van der Waals surface area contributed by atoms with Crippen LogP contribution in [0.1, 0.15) is 29.7 Å². The molecule has 6 heteroatoms. The molecule has 33 heavy (non-hydrogen) atoms. The summed E-state index contributed by atoms with van der Waals surface area (Å²) in [6.07, 6.45) is 0.969. The molecule has 2 heterocycles. The second kappa shape index (κ2) is 9.55. The predicted molar refractivity (Wildman–Crippen MR) is 134 cm³/mol. The Morgan fingerprint density at radius 1 is 1.00 bits per heavy atom. The van der Waals surface area contributed by atoms with E-state index in [1.165, 1.54) is 0 Å². The lowest BCUT2D eigenvalue weighted by atomic mass is 10.00. The second-order valence-electron chi connectivity index (χ2n) is 7.88. The molecule has 1 aliphatic heterocycles. The number of carbonyl (C=O) groups is 1. The van der Waals surface area contributed by atoms with Crippen molar-refractivity contribution in [3.8, 4) is 22.7 Å². The fourth-order valence-corrected chi connectivity index (χ4v) is 5.13. The first-order chi connectivity index (χ1) is 16.2. The van der Waals surface area contributed by atoms with E-state index in [4.69, 9.17) is 9.84 Å². The highest BCUT2D eigenvalue weighted by molar-refractivity contribution is 8.00. The van der Waals surface area contributed by atoms with Crippen molar-refractivity contribution in [3.05, 3.63) is 96.1 Å². The highest BCUT2D eigenvalue weighted by Gasteiger charge is 2.32. The lowest BCUT2D eigenvalue weighted by Gasteiger charge is -2.17. The maximum absolute atomic E-state index is 12.7. The number of anilines is 1. The van der Waals surface area contributed by atoms with Crippen molar-refractivity contribution >= 4 is 23.5 Å². The smallest absolute Gasteiger partial charge is 0.235 e. The zero-order valence-electron chi connectivity index (χ0n) is 18.4. The summed E-state index contributed by atoms with van der Waals surface area (Å²) in [4.78, 5) is 12.7. The number of rotatable bonds is 6. The number of hydrogen-bond acceptors (Lipinski definition) is 4. The van der Waals surface area contributed by atoms with E-state index in [1.807, 2.05) is 65.3 Å². The molecule has 1 N–H and O–H groups in total. The van der Waals surface area contributed by atoms with Gasteiger partial charge in [0.1, 0.15) is 11.6 Å². The number of nitrogens with one attached hydrogen (secondary N) is 1. The summed E-state index contributed by atoms with van der Waals surface area (Å²) in [5.41, 5.74) is 4.94. The minimum Gasteiger partial charge on any atom is -0.494 e. The summed E-state index contributed by atoms with van der Waals surface area (Å²) < 4.78 is 7.63. The average molecular weight is 456 g/mol.